The molecular formula is C7H6ClF3N2O2S. The monoisotopic (exact) mass is 274 g/mol. The molecular weight excluding hydrogens is 269 g/mol. The van der Waals surface area contributed by atoms with Crippen LogP contribution in [-0.2, 0) is 16.2 Å². The van der Waals surface area contributed by atoms with E-state index in [1.807, 2.05) is 0 Å². The summed E-state index contributed by atoms with van der Waals surface area (Å²) in [4.78, 5) is 0.353. The van der Waals surface area contributed by atoms with Gasteiger partial charge in [0.15, 0.2) is 0 Å². The summed E-state index contributed by atoms with van der Waals surface area (Å²) in [6.45, 7) is 0. The molecule has 3 N–H and O–H groups in total. The van der Waals surface area contributed by atoms with Crippen molar-refractivity contribution in [1.82, 2.24) is 4.83 Å². The van der Waals surface area contributed by atoms with Crippen molar-refractivity contribution in [3.8, 4) is 0 Å². The van der Waals surface area contributed by atoms with Gasteiger partial charge in [0, 0.05) is 5.02 Å². The molecule has 90 valence electrons. The van der Waals surface area contributed by atoms with E-state index in [9.17, 15) is 21.6 Å². The van der Waals surface area contributed by atoms with Crippen molar-refractivity contribution in [3.05, 3.63) is 28.8 Å². The highest BCUT2D eigenvalue weighted by Gasteiger charge is 2.37. The van der Waals surface area contributed by atoms with E-state index in [0.29, 0.717) is 6.07 Å². The third-order valence-electron chi connectivity index (χ3n) is 1.69. The summed E-state index contributed by atoms with van der Waals surface area (Å²) in [5.41, 5.74) is -1.36. The molecule has 0 heterocycles. The molecule has 0 amide bonds. The first-order valence-electron chi connectivity index (χ1n) is 3.77. The number of rotatable bonds is 2. The van der Waals surface area contributed by atoms with Crippen LogP contribution in [0.2, 0.25) is 5.02 Å². The standard InChI is InChI=1S/C7H6ClF3N2O2S/c8-4-1-2-6(16(14,15)13-12)5(3-4)7(9,10)11/h1-3,13H,12H2. The molecule has 0 unspecified atom stereocenters. The largest absolute Gasteiger partial charge is 0.417 e. The lowest BCUT2D eigenvalue weighted by Gasteiger charge is -2.12. The van der Waals surface area contributed by atoms with Crippen LogP contribution < -0.4 is 10.7 Å². The van der Waals surface area contributed by atoms with Gasteiger partial charge in [-0.15, -0.1) is 0 Å². The summed E-state index contributed by atoms with van der Waals surface area (Å²) in [6, 6.07) is 2.28. The van der Waals surface area contributed by atoms with Crippen LogP contribution >= 0.6 is 11.6 Å². The first kappa shape index (κ1) is 13.2. The lowest BCUT2D eigenvalue weighted by molar-refractivity contribution is -0.139. The summed E-state index contributed by atoms with van der Waals surface area (Å²) in [7, 11) is -4.38. The number of hydrazine groups is 1. The number of halogens is 4. The maximum atomic E-state index is 12.5. The minimum Gasteiger partial charge on any atom is -0.257 e. The second-order valence-electron chi connectivity index (χ2n) is 2.76. The number of sulfonamides is 1. The van der Waals surface area contributed by atoms with Gasteiger partial charge in [-0.2, -0.15) is 18.0 Å². The number of nitrogens with two attached hydrogens (primary N) is 1. The molecule has 0 aliphatic rings. The van der Waals surface area contributed by atoms with Gasteiger partial charge < -0.3 is 0 Å². The van der Waals surface area contributed by atoms with Crippen molar-refractivity contribution in [1.29, 1.82) is 0 Å². The third-order valence-corrected chi connectivity index (χ3v) is 3.17. The number of hydrogen-bond acceptors (Lipinski definition) is 3. The van der Waals surface area contributed by atoms with Crippen LogP contribution in [-0.4, -0.2) is 8.42 Å². The van der Waals surface area contributed by atoms with E-state index in [1.54, 1.807) is 0 Å². The summed E-state index contributed by atoms with van der Waals surface area (Å²) in [5.74, 6) is 4.65. The van der Waals surface area contributed by atoms with Gasteiger partial charge in [0.05, 0.1) is 10.5 Å². The van der Waals surface area contributed by atoms with Gasteiger partial charge in [-0.1, -0.05) is 11.6 Å². The van der Waals surface area contributed by atoms with Crippen molar-refractivity contribution in [2.45, 2.75) is 11.1 Å². The lowest BCUT2D eigenvalue weighted by atomic mass is 10.2. The van der Waals surface area contributed by atoms with E-state index in [4.69, 9.17) is 11.6 Å². The smallest absolute Gasteiger partial charge is 0.257 e. The van der Waals surface area contributed by atoms with Gasteiger partial charge >= 0.3 is 6.18 Å². The normalized spacial score (nSPS) is 12.8. The van der Waals surface area contributed by atoms with Crippen LogP contribution in [0.25, 0.3) is 0 Å². The second-order valence-corrected chi connectivity index (χ2v) is 4.88. The molecule has 1 aromatic carbocycles. The molecule has 0 bridgehead atoms. The Bertz CT molecular complexity index is 501. The van der Waals surface area contributed by atoms with Crippen LogP contribution in [0.4, 0.5) is 13.2 Å². The summed E-state index contributed by atoms with van der Waals surface area (Å²) in [6.07, 6.45) is -4.83. The Balaban J connectivity index is 3.53. The minimum absolute atomic E-state index is 0.219. The molecule has 1 aromatic rings. The van der Waals surface area contributed by atoms with Crippen LogP contribution in [0, 0.1) is 0 Å². The molecule has 4 nitrogen and oxygen atoms in total. The van der Waals surface area contributed by atoms with E-state index >= 15 is 0 Å². The van der Waals surface area contributed by atoms with Crippen LogP contribution in [0.1, 0.15) is 5.56 Å². The number of benzene rings is 1. The summed E-state index contributed by atoms with van der Waals surface area (Å²) in [5, 5.41) is -0.219. The van der Waals surface area contributed by atoms with E-state index in [-0.39, 0.29) is 5.02 Å². The molecule has 0 fully saturated rings. The number of alkyl halides is 3. The predicted octanol–water partition coefficient (Wildman–Crippen LogP) is 1.51. The van der Waals surface area contributed by atoms with Crippen molar-refractivity contribution >= 4 is 21.6 Å². The fourth-order valence-corrected chi connectivity index (χ4v) is 2.03. The maximum Gasteiger partial charge on any atom is 0.417 e. The Labute approximate surface area is 94.2 Å². The zero-order valence-electron chi connectivity index (χ0n) is 7.55. The highest BCUT2D eigenvalue weighted by atomic mass is 35.5. The predicted molar refractivity (Wildman–Crippen MR) is 51.0 cm³/mol. The van der Waals surface area contributed by atoms with Gasteiger partial charge in [-0.3, -0.25) is 5.84 Å². The molecule has 0 radical (unpaired) electrons. The van der Waals surface area contributed by atoms with Gasteiger partial charge in [0.2, 0.25) is 0 Å². The van der Waals surface area contributed by atoms with Crippen molar-refractivity contribution in [3.63, 3.8) is 0 Å². The lowest BCUT2D eigenvalue weighted by Crippen LogP contribution is -2.31. The second kappa shape index (κ2) is 4.21. The Morgan fingerprint density at radius 3 is 2.31 bits per heavy atom. The van der Waals surface area contributed by atoms with Crippen molar-refractivity contribution in [2.24, 2.45) is 5.84 Å². The third kappa shape index (κ3) is 2.64. The maximum absolute atomic E-state index is 12.5. The first-order valence-corrected chi connectivity index (χ1v) is 5.64. The SMILES string of the molecule is NNS(=O)(=O)c1ccc(Cl)cc1C(F)(F)F. The Morgan fingerprint density at radius 1 is 1.31 bits per heavy atom. The van der Waals surface area contributed by atoms with Crippen LogP contribution in [0.3, 0.4) is 0 Å². The van der Waals surface area contributed by atoms with Gasteiger partial charge in [-0.25, -0.2) is 8.42 Å². The summed E-state index contributed by atoms with van der Waals surface area (Å²) >= 11 is 5.37. The Morgan fingerprint density at radius 2 is 1.88 bits per heavy atom. The van der Waals surface area contributed by atoms with E-state index < -0.39 is 26.7 Å². The first-order chi connectivity index (χ1) is 7.18. The average molecular weight is 275 g/mol. The molecule has 16 heavy (non-hydrogen) atoms. The molecule has 0 saturated carbocycles. The molecule has 0 atom stereocenters. The molecule has 1 rings (SSSR count). The minimum atomic E-state index is -4.83. The van der Waals surface area contributed by atoms with Gasteiger partial charge in [-0.05, 0) is 18.2 Å². The number of nitrogens with one attached hydrogen (secondary N) is 1. The van der Waals surface area contributed by atoms with E-state index in [0.717, 1.165) is 12.1 Å². The van der Waals surface area contributed by atoms with Crippen molar-refractivity contribution < 1.29 is 21.6 Å². The van der Waals surface area contributed by atoms with Crippen molar-refractivity contribution in [2.75, 3.05) is 0 Å². The zero-order chi connectivity index (χ0) is 12.6. The van der Waals surface area contributed by atoms with E-state index in [2.05, 4.69) is 5.84 Å². The quantitative estimate of drug-likeness (QED) is 0.634. The highest BCUT2D eigenvalue weighted by molar-refractivity contribution is 7.89. The fourth-order valence-electron chi connectivity index (χ4n) is 1.02. The molecule has 0 aliphatic heterocycles. The molecule has 0 aliphatic carbocycles. The van der Waals surface area contributed by atoms with Crippen LogP contribution in [0.15, 0.2) is 23.1 Å². The van der Waals surface area contributed by atoms with Gasteiger partial charge in [0.25, 0.3) is 10.0 Å². The molecule has 0 spiro atoms. The fraction of sp³-hybridized carbons (Fsp3) is 0.143. The molecule has 0 saturated heterocycles. The highest BCUT2D eigenvalue weighted by Crippen LogP contribution is 2.35. The number of hydrogen-bond donors (Lipinski definition) is 2. The molecule has 9 heteroatoms. The molecule has 0 aromatic heterocycles. The topological polar surface area (TPSA) is 72.2 Å². The van der Waals surface area contributed by atoms with Crippen LogP contribution in [0.5, 0.6) is 0 Å². The Hall–Kier alpha value is -0.830. The zero-order valence-corrected chi connectivity index (χ0v) is 9.12. The van der Waals surface area contributed by atoms with Gasteiger partial charge in [0.1, 0.15) is 0 Å². The summed E-state index contributed by atoms with van der Waals surface area (Å²) < 4.78 is 59.9. The van der Waals surface area contributed by atoms with E-state index in [1.165, 1.54) is 4.83 Å². The average Bonchev–Trinajstić information content (AvgIpc) is 2.16. The Kier molecular flexibility index (Phi) is 3.48.